The van der Waals surface area contributed by atoms with Crippen molar-refractivity contribution in [3.8, 4) is 17.2 Å². The van der Waals surface area contributed by atoms with Gasteiger partial charge >= 0.3 is 0 Å². The molecule has 0 N–H and O–H groups in total. The molecular formula is C23H22N4O. The number of nitrogens with zero attached hydrogens (tertiary/aromatic N) is 4. The summed E-state index contributed by atoms with van der Waals surface area (Å²) >= 11 is 0. The molecule has 3 aromatic rings. The maximum atomic E-state index is 12.9. The Morgan fingerprint density at radius 1 is 1.14 bits per heavy atom. The third-order valence-corrected chi connectivity index (χ3v) is 5.15. The molecule has 4 rings (SSSR count). The average molecular weight is 370 g/mol. The monoisotopic (exact) mass is 370 g/mol. The summed E-state index contributed by atoms with van der Waals surface area (Å²) in [5.41, 5.74) is 3.81. The van der Waals surface area contributed by atoms with Crippen LogP contribution in [0.3, 0.4) is 0 Å². The third kappa shape index (κ3) is 3.96. The lowest BCUT2D eigenvalue weighted by molar-refractivity contribution is 0.0699. The zero-order chi connectivity index (χ0) is 19.3. The number of aromatic nitrogens is 2. The maximum absolute atomic E-state index is 12.9. The Kier molecular flexibility index (Phi) is 5.20. The van der Waals surface area contributed by atoms with Gasteiger partial charge in [0.15, 0.2) is 0 Å². The van der Waals surface area contributed by atoms with E-state index in [1.165, 1.54) is 5.56 Å². The predicted molar refractivity (Wildman–Crippen MR) is 107 cm³/mol. The number of carbonyl (C=O) groups is 1. The van der Waals surface area contributed by atoms with Gasteiger partial charge in [0.2, 0.25) is 0 Å². The molecule has 1 atom stereocenters. The van der Waals surface area contributed by atoms with Crippen LogP contribution in [0.15, 0.2) is 67.0 Å². The van der Waals surface area contributed by atoms with Gasteiger partial charge in [-0.3, -0.25) is 9.48 Å². The van der Waals surface area contributed by atoms with Gasteiger partial charge < -0.3 is 4.90 Å². The molecule has 1 aliphatic heterocycles. The molecule has 5 nitrogen and oxygen atoms in total. The summed E-state index contributed by atoms with van der Waals surface area (Å²) in [6.07, 6.45) is 5.60. The Morgan fingerprint density at radius 2 is 2.00 bits per heavy atom. The molecule has 1 saturated heterocycles. The SMILES string of the molecule is N#C[C@@H]1CCCN(C(=O)c2cccc(-c3cnn(Cc4ccccc4)c3)c2)C1. The summed E-state index contributed by atoms with van der Waals surface area (Å²) in [4.78, 5) is 14.7. The van der Waals surface area contributed by atoms with Crippen molar-refractivity contribution in [1.82, 2.24) is 14.7 Å². The van der Waals surface area contributed by atoms with E-state index in [0.717, 1.165) is 30.5 Å². The summed E-state index contributed by atoms with van der Waals surface area (Å²) in [6.45, 7) is 1.95. The molecule has 0 bridgehead atoms. The van der Waals surface area contributed by atoms with Crippen LogP contribution in [0.25, 0.3) is 11.1 Å². The molecule has 1 amide bonds. The van der Waals surface area contributed by atoms with Crippen LogP contribution in [-0.2, 0) is 6.54 Å². The molecule has 0 saturated carbocycles. The summed E-state index contributed by atoms with van der Waals surface area (Å²) < 4.78 is 1.90. The van der Waals surface area contributed by atoms with E-state index in [-0.39, 0.29) is 11.8 Å². The molecule has 2 heterocycles. The number of piperidine rings is 1. The van der Waals surface area contributed by atoms with Crippen molar-refractivity contribution >= 4 is 5.91 Å². The average Bonchev–Trinajstić information content (AvgIpc) is 3.22. The molecule has 140 valence electrons. The number of hydrogen-bond donors (Lipinski definition) is 0. The van der Waals surface area contributed by atoms with Gasteiger partial charge in [0.05, 0.1) is 24.7 Å². The Balaban J connectivity index is 1.51. The molecule has 5 heteroatoms. The standard InChI is InChI=1S/C23H22N4O/c24-13-19-8-5-11-26(15-19)23(28)21-10-4-9-20(12-21)22-14-25-27(17-22)16-18-6-2-1-3-7-18/h1-4,6-7,9-10,12,14,17,19H,5,8,11,15-16H2/t19-/m0/s1. The second kappa shape index (κ2) is 8.10. The second-order valence-corrected chi connectivity index (χ2v) is 7.21. The number of likely N-dealkylation sites (tertiary alicyclic amines) is 1. The molecular weight excluding hydrogens is 348 g/mol. The number of carbonyl (C=O) groups excluding carboxylic acids is 1. The lowest BCUT2D eigenvalue weighted by atomic mass is 9.98. The van der Waals surface area contributed by atoms with E-state index in [1.807, 2.05) is 59.5 Å². The number of nitriles is 1. The molecule has 1 fully saturated rings. The van der Waals surface area contributed by atoms with Crippen molar-refractivity contribution < 1.29 is 4.79 Å². The van der Waals surface area contributed by atoms with Crippen LogP contribution >= 0.6 is 0 Å². The van der Waals surface area contributed by atoms with Crippen molar-refractivity contribution in [2.24, 2.45) is 5.92 Å². The van der Waals surface area contributed by atoms with E-state index >= 15 is 0 Å². The Hall–Kier alpha value is -3.39. The van der Waals surface area contributed by atoms with Crippen LogP contribution in [0.5, 0.6) is 0 Å². The van der Waals surface area contributed by atoms with Gasteiger partial charge in [-0.05, 0) is 36.1 Å². The molecule has 1 aliphatic rings. The van der Waals surface area contributed by atoms with Crippen molar-refractivity contribution in [2.45, 2.75) is 19.4 Å². The molecule has 1 aromatic heterocycles. The molecule has 0 radical (unpaired) electrons. The van der Waals surface area contributed by atoms with Crippen LogP contribution in [-0.4, -0.2) is 33.7 Å². The highest BCUT2D eigenvalue weighted by Crippen LogP contribution is 2.23. The van der Waals surface area contributed by atoms with Gasteiger partial charge in [-0.2, -0.15) is 10.4 Å². The van der Waals surface area contributed by atoms with Crippen LogP contribution in [0.2, 0.25) is 0 Å². The van der Waals surface area contributed by atoms with Gasteiger partial charge in [-0.25, -0.2) is 0 Å². The van der Waals surface area contributed by atoms with Crippen LogP contribution < -0.4 is 0 Å². The highest BCUT2D eigenvalue weighted by atomic mass is 16.2. The smallest absolute Gasteiger partial charge is 0.253 e. The molecule has 0 aliphatic carbocycles. The van der Waals surface area contributed by atoms with E-state index in [9.17, 15) is 4.79 Å². The Bertz CT molecular complexity index is 1000. The van der Waals surface area contributed by atoms with Gasteiger partial charge in [0, 0.05) is 30.4 Å². The Morgan fingerprint density at radius 3 is 2.82 bits per heavy atom. The minimum Gasteiger partial charge on any atom is -0.337 e. The lowest BCUT2D eigenvalue weighted by Gasteiger charge is -2.29. The van der Waals surface area contributed by atoms with Gasteiger partial charge in [-0.15, -0.1) is 0 Å². The minimum atomic E-state index is -0.0582. The van der Waals surface area contributed by atoms with E-state index in [0.29, 0.717) is 18.7 Å². The first-order valence-electron chi connectivity index (χ1n) is 9.58. The van der Waals surface area contributed by atoms with Gasteiger partial charge in [-0.1, -0.05) is 42.5 Å². The molecule has 2 aromatic carbocycles. The number of rotatable bonds is 4. The molecule has 28 heavy (non-hydrogen) atoms. The molecule has 0 spiro atoms. The first-order valence-corrected chi connectivity index (χ1v) is 9.58. The van der Waals surface area contributed by atoms with Gasteiger partial charge in [0.25, 0.3) is 5.91 Å². The van der Waals surface area contributed by atoms with Crippen LogP contribution in [0, 0.1) is 17.2 Å². The van der Waals surface area contributed by atoms with E-state index < -0.39 is 0 Å². The minimum absolute atomic E-state index is 0.00141. The highest BCUT2D eigenvalue weighted by molar-refractivity contribution is 5.95. The molecule has 0 unspecified atom stereocenters. The van der Waals surface area contributed by atoms with Crippen molar-refractivity contribution in [1.29, 1.82) is 5.26 Å². The summed E-state index contributed by atoms with van der Waals surface area (Å²) in [5.74, 6) is -0.0596. The summed E-state index contributed by atoms with van der Waals surface area (Å²) in [6, 6.07) is 20.2. The largest absolute Gasteiger partial charge is 0.337 e. The zero-order valence-corrected chi connectivity index (χ0v) is 15.7. The van der Waals surface area contributed by atoms with E-state index in [1.54, 1.807) is 4.90 Å². The topological polar surface area (TPSA) is 61.9 Å². The fourth-order valence-electron chi connectivity index (χ4n) is 3.65. The van der Waals surface area contributed by atoms with Gasteiger partial charge in [0.1, 0.15) is 0 Å². The van der Waals surface area contributed by atoms with E-state index in [4.69, 9.17) is 5.26 Å². The fraction of sp³-hybridized carbons (Fsp3) is 0.261. The summed E-state index contributed by atoms with van der Waals surface area (Å²) in [5, 5.41) is 13.6. The normalized spacial score (nSPS) is 16.5. The Labute approximate surface area is 164 Å². The number of amides is 1. The first kappa shape index (κ1) is 18.0. The maximum Gasteiger partial charge on any atom is 0.253 e. The van der Waals surface area contributed by atoms with Crippen LogP contribution in [0.4, 0.5) is 0 Å². The number of hydrogen-bond acceptors (Lipinski definition) is 3. The zero-order valence-electron chi connectivity index (χ0n) is 15.7. The first-order chi connectivity index (χ1) is 13.7. The van der Waals surface area contributed by atoms with Crippen molar-refractivity contribution in [2.75, 3.05) is 13.1 Å². The fourth-order valence-corrected chi connectivity index (χ4v) is 3.65. The third-order valence-electron chi connectivity index (χ3n) is 5.15. The van der Waals surface area contributed by atoms with Crippen molar-refractivity contribution in [3.05, 3.63) is 78.1 Å². The van der Waals surface area contributed by atoms with Crippen molar-refractivity contribution in [3.63, 3.8) is 0 Å². The van der Waals surface area contributed by atoms with Crippen LogP contribution in [0.1, 0.15) is 28.8 Å². The number of benzene rings is 2. The highest BCUT2D eigenvalue weighted by Gasteiger charge is 2.24. The lowest BCUT2D eigenvalue weighted by Crippen LogP contribution is -2.39. The van der Waals surface area contributed by atoms with E-state index in [2.05, 4.69) is 23.3 Å². The summed E-state index contributed by atoms with van der Waals surface area (Å²) in [7, 11) is 0. The second-order valence-electron chi connectivity index (χ2n) is 7.21. The quantitative estimate of drug-likeness (QED) is 0.698. The predicted octanol–water partition coefficient (Wildman–Crippen LogP) is 3.97.